The van der Waals surface area contributed by atoms with Crippen LogP contribution in [0, 0.1) is 0 Å². The minimum absolute atomic E-state index is 0.319. The first-order chi connectivity index (χ1) is 8.92. The molecule has 4 nitrogen and oxygen atoms in total. The molecule has 1 aromatic carbocycles. The summed E-state index contributed by atoms with van der Waals surface area (Å²) < 4.78 is 2.30. The van der Waals surface area contributed by atoms with Gasteiger partial charge in [-0.15, -0.1) is 10.2 Å². The maximum absolute atomic E-state index is 4.38. The van der Waals surface area contributed by atoms with E-state index in [1.54, 1.807) is 0 Å². The molecule has 0 fully saturated rings. The van der Waals surface area contributed by atoms with Gasteiger partial charge in [0.1, 0.15) is 5.82 Å². The van der Waals surface area contributed by atoms with Crippen LogP contribution in [0.3, 0.4) is 0 Å². The Morgan fingerprint density at radius 3 is 3.00 bits per heavy atom. The molecular weight excluding hydrogens is 224 g/mol. The number of benzene rings is 1. The molecule has 2 aliphatic rings. The second kappa shape index (κ2) is 3.92. The molecular formula is C14H16N4. The number of hydrogen-bond acceptors (Lipinski definition) is 3. The molecule has 2 aliphatic heterocycles. The second-order valence-corrected chi connectivity index (χ2v) is 5.14. The van der Waals surface area contributed by atoms with Gasteiger partial charge in [0.2, 0.25) is 0 Å². The van der Waals surface area contributed by atoms with Crippen LogP contribution in [0.2, 0.25) is 0 Å². The Hall–Kier alpha value is -1.68. The lowest BCUT2D eigenvalue weighted by Gasteiger charge is -2.25. The predicted molar refractivity (Wildman–Crippen MR) is 68.1 cm³/mol. The highest BCUT2D eigenvalue weighted by Gasteiger charge is 2.26. The highest BCUT2D eigenvalue weighted by atomic mass is 15.3. The molecule has 0 saturated carbocycles. The zero-order valence-corrected chi connectivity index (χ0v) is 10.3. The van der Waals surface area contributed by atoms with Crippen LogP contribution in [0.5, 0.6) is 0 Å². The van der Waals surface area contributed by atoms with Crippen LogP contribution in [0.1, 0.15) is 35.2 Å². The van der Waals surface area contributed by atoms with Crippen molar-refractivity contribution >= 4 is 0 Å². The van der Waals surface area contributed by atoms with E-state index in [0.29, 0.717) is 6.04 Å². The molecule has 92 valence electrons. The molecule has 4 heteroatoms. The molecule has 0 saturated heterocycles. The number of nitrogens with zero attached hydrogens (tertiary/aromatic N) is 3. The normalized spacial score (nSPS) is 21.7. The third kappa shape index (κ3) is 1.49. The summed E-state index contributed by atoms with van der Waals surface area (Å²) in [6, 6.07) is 8.97. The van der Waals surface area contributed by atoms with Gasteiger partial charge in [0.25, 0.3) is 0 Å². The Labute approximate surface area is 106 Å². The average Bonchev–Trinajstić information content (AvgIpc) is 3.00. The van der Waals surface area contributed by atoms with Crippen LogP contribution in [0.25, 0.3) is 0 Å². The van der Waals surface area contributed by atoms with Crippen LogP contribution >= 0.6 is 0 Å². The fourth-order valence-electron chi connectivity index (χ4n) is 3.07. The standard InChI is InChI=1S/C14H16N4/c1-2-5-11-9-15-12(8-10(11)4-1)14-17-16-13-6-3-7-18(13)14/h1-2,4-5,12,15H,3,6-9H2. The van der Waals surface area contributed by atoms with E-state index in [1.807, 2.05) is 0 Å². The highest BCUT2D eigenvalue weighted by Crippen LogP contribution is 2.27. The van der Waals surface area contributed by atoms with E-state index in [2.05, 4.69) is 44.3 Å². The summed E-state index contributed by atoms with van der Waals surface area (Å²) in [5, 5.41) is 12.3. The Kier molecular flexibility index (Phi) is 2.23. The molecule has 0 bridgehead atoms. The molecule has 0 spiro atoms. The van der Waals surface area contributed by atoms with Gasteiger partial charge in [-0.2, -0.15) is 0 Å². The third-order valence-corrected chi connectivity index (χ3v) is 4.03. The van der Waals surface area contributed by atoms with Gasteiger partial charge in [-0.3, -0.25) is 0 Å². The lowest BCUT2D eigenvalue weighted by Crippen LogP contribution is -2.30. The number of rotatable bonds is 1. The molecule has 1 aromatic heterocycles. The molecule has 0 radical (unpaired) electrons. The van der Waals surface area contributed by atoms with Crippen molar-refractivity contribution in [3.8, 4) is 0 Å². The monoisotopic (exact) mass is 240 g/mol. The number of hydrogen-bond donors (Lipinski definition) is 1. The lowest BCUT2D eigenvalue weighted by molar-refractivity contribution is 0.456. The van der Waals surface area contributed by atoms with E-state index >= 15 is 0 Å². The van der Waals surface area contributed by atoms with Crippen LogP contribution in [0.4, 0.5) is 0 Å². The summed E-state index contributed by atoms with van der Waals surface area (Å²) in [5.74, 6) is 2.28. The molecule has 1 unspecified atom stereocenters. The average molecular weight is 240 g/mol. The van der Waals surface area contributed by atoms with Gasteiger partial charge in [-0.05, 0) is 24.0 Å². The molecule has 1 N–H and O–H groups in total. The highest BCUT2D eigenvalue weighted by molar-refractivity contribution is 5.31. The van der Waals surface area contributed by atoms with E-state index in [0.717, 1.165) is 37.6 Å². The van der Waals surface area contributed by atoms with Crippen LogP contribution in [-0.2, 0) is 25.9 Å². The van der Waals surface area contributed by atoms with Gasteiger partial charge < -0.3 is 9.88 Å². The van der Waals surface area contributed by atoms with Crippen molar-refractivity contribution in [2.75, 3.05) is 0 Å². The van der Waals surface area contributed by atoms with Gasteiger partial charge in [0.05, 0.1) is 6.04 Å². The first kappa shape index (κ1) is 10.3. The number of fused-ring (bicyclic) bond motifs is 2. The molecule has 0 aliphatic carbocycles. The Bertz CT molecular complexity index is 587. The molecule has 4 rings (SSSR count). The van der Waals surface area contributed by atoms with Crippen LogP contribution in [-0.4, -0.2) is 14.8 Å². The fraction of sp³-hybridized carbons (Fsp3) is 0.429. The van der Waals surface area contributed by atoms with Gasteiger partial charge >= 0.3 is 0 Å². The third-order valence-electron chi connectivity index (χ3n) is 4.03. The number of aryl methyl sites for hydroxylation is 1. The van der Waals surface area contributed by atoms with Crippen molar-refractivity contribution in [3.63, 3.8) is 0 Å². The number of nitrogens with one attached hydrogen (secondary N) is 1. The predicted octanol–water partition coefficient (Wildman–Crippen LogP) is 1.61. The maximum Gasteiger partial charge on any atom is 0.150 e. The molecule has 3 heterocycles. The Morgan fingerprint density at radius 2 is 2.06 bits per heavy atom. The minimum atomic E-state index is 0.319. The molecule has 1 atom stereocenters. The van der Waals surface area contributed by atoms with Gasteiger partial charge in [-0.25, -0.2) is 0 Å². The summed E-state index contributed by atoms with van der Waals surface area (Å²) in [5.41, 5.74) is 2.85. The van der Waals surface area contributed by atoms with E-state index < -0.39 is 0 Å². The summed E-state index contributed by atoms with van der Waals surface area (Å²) in [6.07, 6.45) is 3.31. The largest absolute Gasteiger partial charge is 0.314 e. The molecule has 2 aromatic rings. The number of aromatic nitrogens is 3. The Balaban J connectivity index is 1.68. The zero-order valence-electron chi connectivity index (χ0n) is 10.3. The zero-order chi connectivity index (χ0) is 11.9. The van der Waals surface area contributed by atoms with Crippen molar-refractivity contribution in [3.05, 3.63) is 47.0 Å². The fourth-order valence-corrected chi connectivity index (χ4v) is 3.07. The van der Waals surface area contributed by atoms with E-state index in [9.17, 15) is 0 Å². The van der Waals surface area contributed by atoms with Crippen molar-refractivity contribution in [1.29, 1.82) is 0 Å². The Morgan fingerprint density at radius 1 is 1.17 bits per heavy atom. The maximum atomic E-state index is 4.38. The summed E-state index contributed by atoms with van der Waals surface area (Å²) in [4.78, 5) is 0. The van der Waals surface area contributed by atoms with Crippen molar-refractivity contribution in [1.82, 2.24) is 20.1 Å². The first-order valence-electron chi connectivity index (χ1n) is 6.64. The van der Waals surface area contributed by atoms with E-state index in [4.69, 9.17) is 0 Å². The first-order valence-corrected chi connectivity index (χ1v) is 6.64. The quantitative estimate of drug-likeness (QED) is 0.823. The van der Waals surface area contributed by atoms with Crippen molar-refractivity contribution < 1.29 is 0 Å². The summed E-state index contributed by atoms with van der Waals surface area (Å²) >= 11 is 0. The summed E-state index contributed by atoms with van der Waals surface area (Å²) in [6.45, 7) is 2.01. The SMILES string of the molecule is c1ccc2c(c1)CNC(c1nnc3n1CCC3)C2. The minimum Gasteiger partial charge on any atom is -0.314 e. The second-order valence-electron chi connectivity index (χ2n) is 5.14. The van der Waals surface area contributed by atoms with E-state index in [1.165, 1.54) is 17.5 Å². The lowest BCUT2D eigenvalue weighted by atomic mass is 9.95. The van der Waals surface area contributed by atoms with Gasteiger partial charge in [0, 0.05) is 19.5 Å². The molecule has 0 amide bonds. The van der Waals surface area contributed by atoms with Crippen LogP contribution in [0.15, 0.2) is 24.3 Å². The van der Waals surface area contributed by atoms with Gasteiger partial charge in [-0.1, -0.05) is 24.3 Å². The van der Waals surface area contributed by atoms with Crippen molar-refractivity contribution in [2.24, 2.45) is 0 Å². The van der Waals surface area contributed by atoms with E-state index in [-0.39, 0.29) is 0 Å². The molecule has 18 heavy (non-hydrogen) atoms. The smallest absolute Gasteiger partial charge is 0.150 e. The van der Waals surface area contributed by atoms with Gasteiger partial charge in [0.15, 0.2) is 5.82 Å². The van der Waals surface area contributed by atoms with Crippen LogP contribution < -0.4 is 5.32 Å². The van der Waals surface area contributed by atoms with Crippen molar-refractivity contribution in [2.45, 2.75) is 38.4 Å². The topological polar surface area (TPSA) is 42.7 Å². The summed E-state index contributed by atoms with van der Waals surface area (Å²) in [7, 11) is 0.